The van der Waals surface area contributed by atoms with E-state index in [0.717, 1.165) is 22.6 Å². The zero-order valence-corrected chi connectivity index (χ0v) is 19.6. The molecule has 1 amide bonds. The molecule has 1 unspecified atom stereocenters. The lowest BCUT2D eigenvalue weighted by molar-refractivity contribution is 0.0646. The van der Waals surface area contributed by atoms with E-state index < -0.39 is 6.04 Å². The Balaban J connectivity index is 1.36. The quantitative estimate of drug-likeness (QED) is 0.267. The molecule has 0 aliphatic carbocycles. The predicted octanol–water partition coefficient (Wildman–Crippen LogP) is 3.05. The molecule has 0 aromatic carbocycles. The molecule has 2 atom stereocenters. The number of nitrogens with one attached hydrogen (secondary N) is 1. The molecule has 0 bridgehead atoms. The van der Waals surface area contributed by atoms with Crippen LogP contribution >= 0.6 is 22.6 Å². The van der Waals surface area contributed by atoms with E-state index in [1.807, 2.05) is 43.6 Å². The number of imidazole rings is 1. The molecule has 5 aromatic rings. The van der Waals surface area contributed by atoms with Gasteiger partial charge in [-0.25, -0.2) is 9.50 Å². The smallest absolute Gasteiger partial charge is 0.312 e. The van der Waals surface area contributed by atoms with Crippen LogP contribution < -0.4 is 0 Å². The standard InChI is InChI=1S/C21H18IN9O2/c1-12(22)30-9-6-15(27-30)19-25-26-20(33-19)21(32)29-8-5-14-17(24-11-23-14)18(29)16-10-13-4-2-3-7-31(13)28-16/h2-4,6-7,9-12,18H,5,8H2,1H3,(H,23,24)/t12?,18-/m0/s1. The number of pyridine rings is 1. The number of H-pyrrole nitrogens is 1. The van der Waals surface area contributed by atoms with Crippen molar-refractivity contribution in [1.29, 1.82) is 0 Å². The fourth-order valence-corrected chi connectivity index (χ4v) is 4.38. The van der Waals surface area contributed by atoms with Gasteiger partial charge in [-0.2, -0.15) is 10.2 Å². The maximum Gasteiger partial charge on any atom is 0.312 e. The van der Waals surface area contributed by atoms with Crippen molar-refractivity contribution in [2.45, 2.75) is 23.4 Å². The van der Waals surface area contributed by atoms with E-state index in [-0.39, 0.29) is 21.7 Å². The van der Waals surface area contributed by atoms with Crippen LogP contribution in [-0.4, -0.2) is 56.9 Å². The summed E-state index contributed by atoms with van der Waals surface area (Å²) in [4.78, 5) is 22.9. The van der Waals surface area contributed by atoms with E-state index in [1.165, 1.54) is 0 Å². The Hall–Kier alpha value is -3.55. The van der Waals surface area contributed by atoms with Crippen molar-refractivity contribution in [3.05, 3.63) is 72.0 Å². The first-order chi connectivity index (χ1) is 16.1. The van der Waals surface area contributed by atoms with Crippen molar-refractivity contribution in [2.75, 3.05) is 6.54 Å². The van der Waals surface area contributed by atoms with Crippen LogP contribution in [0.3, 0.4) is 0 Å². The molecule has 5 aromatic heterocycles. The van der Waals surface area contributed by atoms with Crippen LogP contribution in [0.25, 0.3) is 17.1 Å². The number of rotatable bonds is 4. The normalized spacial score (nSPS) is 16.8. The molecule has 33 heavy (non-hydrogen) atoms. The average Bonchev–Trinajstić information content (AvgIpc) is 3.61. The molecule has 12 heteroatoms. The Morgan fingerprint density at radius 3 is 2.97 bits per heavy atom. The second-order valence-corrected chi connectivity index (χ2v) is 9.53. The lowest BCUT2D eigenvalue weighted by atomic mass is 9.99. The number of fused-ring (bicyclic) bond motifs is 2. The molecule has 0 radical (unpaired) electrons. The molecule has 0 saturated carbocycles. The van der Waals surface area contributed by atoms with Gasteiger partial charge in [0, 0.05) is 31.1 Å². The number of carbonyl (C=O) groups excluding carboxylic acids is 1. The van der Waals surface area contributed by atoms with Crippen LogP contribution in [0.5, 0.6) is 0 Å². The number of aromatic nitrogens is 8. The summed E-state index contributed by atoms with van der Waals surface area (Å²) in [5.74, 6) is -0.253. The van der Waals surface area contributed by atoms with Crippen molar-refractivity contribution in [3.63, 3.8) is 0 Å². The average molecular weight is 555 g/mol. The number of carbonyl (C=O) groups is 1. The van der Waals surface area contributed by atoms with E-state index in [4.69, 9.17) is 9.52 Å². The summed E-state index contributed by atoms with van der Waals surface area (Å²) < 4.78 is 9.48. The van der Waals surface area contributed by atoms with E-state index in [2.05, 4.69) is 47.9 Å². The predicted molar refractivity (Wildman–Crippen MR) is 125 cm³/mol. The van der Waals surface area contributed by atoms with Gasteiger partial charge >= 0.3 is 11.8 Å². The van der Waals surface area contributed by atoms with Crippen LogP contribution in [0.15, 0.2) is 53.5 Å². The minimum Gasteiger partial charge on any atom is -0.411 e. The Labute approximate surface area is 201 Å². The summed E-state index contributed by atoms with van der Waals surface area (Å²) in [6.45, 7) is 2.48. The molecule has 166 valence electrons. The Morgan fingerprint density at radius 1 is 1.24 bits per heavy atom. The van der Waals surface area contributed by atoms with Crippen LogP contribution in [0.2, 0.25) is 0 Å². The Kier molecular flexibility index (Phi) is 4.74. The van der Waals surface area contributed by atoms with E-state index in [1.54, 1.807) is 26.5 Å². The van der Waals surface area contributed by atoms with Gasteiger partial charge in [-0.1, -0.05) is 28.7 Å². The highest BCUT2D eigenvalue weighted by Crippen LogP contribution is 2.34. The number of halogens is 1. The van der Waals surface area contributed by atoms with E-state index in [0.29, 0.717) is 18.7 Å². The number of nitrogens with zero attached hydrogens (tertiary/aromatic N) is 8. The first kappa shape index (κ1) is 20.1. The first-order valence-corrected chi connectivity index (χ1v) is 11.6. The summed E-state index contributed by atoms with van der Waals surface area (Å²) in [6, 6.07) is 9.11. The van der Waals surface area contributed by atoms with Gasteiger partial charge in [-0.05, 0) is 31.2 Å². The lowest BCUT2D eigenvalue weighted by Crippen LogP contribution is -2.41. The van der Waals surface area contributed by atoms with Gasteiger partial charge in [0.1, 0.15) is 15.8 Å². The summed E-state index contributed by atoms with van der Waals surface area (Å²) in [6.07, 6.45) is 6.00. The molecule has 1 aliphatic heterocycles. The molecule has 6 rings (SSSR count). The zero-order chi connectivity index (χ0) is 22.5. The molecule has 0 saturated heterocycles. The Bertz CT molecular complexity index is 1430. The van der Waals surface area contributed by atoms with Crippen molar-refractivity contribution in [1.82, 2.24) is 44.5 Å². The van der Waals surface area contributed by atoms with Crippen molar-refractivity contribution >= 4 is 34.0 Å². The van der Waals surface area contributed by atoms with Crippen molar-refractivity contribution in [2.24, 2.45) is 0 Å². The SMILES string of the molecule is CC(I)n1ccc(-c2nnc(C(=O)N3CCc4[nH]cnc4[C@@H]3c3cc4ccccn4n3)o2)n1. The largest absolute Gasteiger partial charge is 0.411 e. The Morgan fingerprint density at radius 2 is 2.15 bits per heavy atom. The minimum absolute atomic E-state index is 0.0881. The van der Waals surface area contributed by atoms with E-state index >= 15 is 0 Å². The third-order valence-corrected chi connectivity index (χ3v) is 6.23. The third-order valence-electron chi connectivity index (χ3n) is 5.65. The molecule has 6 heterocycles. The second-order valence-electron chi connectivity index (χ2n) is 7.72. The molecule has 1 N–H and O–H groups in total. The fraction of sp³-hybridized carbons (Fsp3) is 0.238. The first-order valence-electron chi connectivity index (χ1n) is 10.4. The van der Waals surface area contributed by atoms with Gasteiger partial charge in [0.15, 0.2) is 0 Å². The van der Waals surface area contributed by atoms with Gasteiger partial charge in [0.05, 0.1) is 23.2 Å². The molecule has 0 spiro atoms. The highest BCUT2D eigenvalue weighted by atomic mass is 127. The summed E-state index contributed by atoms with van der Waals surface area (Å²) >= 11 is 2.26. The van der Waals surface area contributed by atoms with Crippen LogP contribution in [0, 0.1) is 0 Å². The second kappa shape index (κ2) is 7.79. The number of hydrogen-bond donors (Lipinski definition) is 1. The maximum absolute atomic E-state index is 13.5. The number of aromatic amines is 1. The van der Waals surface area contributed by atoms with Crippen LogP contribution in [0.4, 0.5) is 0 Å². The number of amides is 1. The van der Waals surface area contributed by atoms with Gasteiger partial charge in [-0.15, -0.1) is 10.2 Å². The van der Waals surface area contributed by atoms with Gasteiger partial charge in [0.2, 0.25) is 0 Å². The summed E-state index contributed by atoms with van der Waals surface area (Å²) in [5, 5.41) is 17.2. The third kappa shape index (κ3) is 3.41. The number of alkyl halides is 1. The van der Waals surface area contributed by atoms with Gasteiger partial charge < -0.3 is 14.3 Å². The summed E-state index contributed by atoms with van der Waals surface area (Å²) in [5.41, 5.74) is 3.94. The highest BCUT2D eigenvalue weighted by Gasteiger charge is 2.38. The van der Waals surface area contributed by atoms with Crippen LogP contribution in [0.1, 0.15) is 44.8 Å². The molecular formula is C21H18IN9O2. The number of hydrogen-bond acceptors (Lipinski definition) is 7. The monoisotopic (exact) mass is 555 g/mol. The topological polar surface area (TPSA) is 123 Å². The van der Waals surface area contributed by atoms with Crippen LogP contribution in [-0.2, 0) is 6.42 Å². The zero-order valence-electron chi connectivity index (χ0n) is 17.5. The molecule has 1 aliphatic rings. The highest BCUT2D eigenvalue weighted by molar-refractivity contribution is 14.1. The van der Waals surface area contributed by atoms with Gasteiger partial charge in [0.25, 0.3) is 5.89 Å². The van der Waals surface area contributed by atoms with E-state index in [9.17, 15) is 4.79 Å². The molecular weight excluding hydrogens is 537 g/mol. The van der Waals surface area contributed by atoms with Gasteiger partial charge in [-0.3, -0.25) is 9.48 Å². The summed E-state index contributed by atoms with van der Waals surface area (Å²) in [7, 11) is 0. The van der Waals surface area contributed by atoms with Crippen molar-refractivity contribution < 1.29 is 9.21 Å². The lowest BCUT2D eigenvalue weighted by Gasteiger charge is -2.32. The fourth-order valence-electron chi connectivity index (χ4n) is 4.07. The van der Waals surface area contributed by atoms with Crippen molar-refractivity contribution in [3.8, 4) is 11.6 Å². The minimum atomic E-state index is -0.471. The molecule has 11 nitrogen and oxygen atoms in total. The maximum atomic E-state index is 13.5. The molecule has 0 fully saturated rings.